The Morgan fingerprint density at radius 2 is 2.36 bits per heavy atom. The van der Waals surface area contributed by atoms with Crippen LogP contribution in [-0.4, -0.2) is 29.5 Å². The van der Waals surface area contributed by atoms with Gasteiger partial charge in [0, 0.05) is 5.92 Å². The first kappa shape index (κ1) is 8.46. The Hall–Kier alpha value is -0.640. The summed E-state index contributed by atoms with van der Waals surface area (Å²) in [5.41, 5.74) is -1.94. The maximum absolute atomic E-state index is 13.2. The van der Waals surface area contributed by atoms with Crippen LogP contribution in [0, 0.1) is 5.92 Å². The molecule has 0 aromatic heterocycles. The largest absolute Gasteiger partial charge is 0.457 e. The normalized spacial score (nSPS) is 44.2. The smallest absolute Gasteiger partial charge is 0.344 e. The molecule has 1 aliphatic heterocycles. The monoisotopic (exact) mass is 162 g/mol. The van der Waals surface area contributed by atoms with Crippen molar-refractivity contribution in [3.05, 3.63) is 0 Å². The van der Waals surface area contributed by atoms with Crippen LogP contribution >= 0.6 is 0 Å². The minimum absolute atomic E-state index is 0.313. The Morgan fingerprint density at radius 3 is 2.55 bits per heavy atom. The standard InChI is InChI=1S/C7H11FO3/c1-4-5(3-9)11-6(10)7(4,2)8/h4-5,9H,3H2,1-2H3/t4?,5-,7?/m1/s1. The molecule has 0 saturated carbocycles. The fraction of sp³-hybridized carbons (Fsp3) is 0.857. The van der Waals surface area contributed by atoms with Crippen LogP contribution < -0.4 is 0 Å². The molecular weight excluding hydrogens is 151 g/mol. The van der Waals surface area contributed by atoms with Gasteiger partial charge in [-0.15, -0.1) is 0 Å². The number of hydrogen-bond acceptors (Lipinski definition) is 3. The number of carbonyl (C=O) groups excluding carboxylic acids is 1. The zero-order chi connectivity index (χ0) is 8.65. The minimum Gasteiger partial charge on any atom is -0.457 e. The van der Waals surface area contributed by atoms with Crippen LogP contribution in [0.5, 0.6) is 0 Å². The Balaban J connectivity index is 2.80. The summed E-state index contributed by atoms with van der Waals surface area (Å²) in [6.45, 7) is 2.41. The minimum atomic E-state index is -1.94. The summed E-state index contributed by atoms with van der Waals surface area (Å²) in [5, 5.41) is 8.64. The van der Waals surface area contributed by atoms with Gasteiger partial charge < -0.3 is 9.84 Å². The van der Waals surface area contributed by atoms with Gasteiger partial charge in [-0.3, -0.25) is 0 Å². The second-order valence-electron chi connectivity index (χ2n) is 2.99. The quantitative estimate of drug-likeness (QED) is 0.563. The molecule has 1 N–H and O–H groups in total. The SMILES string of the molecule is CC1[C@@H](CO)OC(=O)C1(C)F. The Bertz CT molecular complexity index is 179. The van der Waals surface area contributed by atoms with Crippen LogP contribution in [0.3, 0.4) is 0 Å². The van der Waals surface area contributed by atoms with Crippen molar-refractivity contribution in [1.82, 2.24) is 0 Å². The third-order valence-electron chi connectivity index (χ3n) is 2.25. The first-order valence-corrected chi connectivity index (χ1v) is 3.51. The van der Waals surface area contributed by atoms with Gasteiger partial charge in [0.05, 0.1) is 6.61 Å². The number of hydrogen-bond donors (Lipinski definition) is 1. The molecule has 1 aliphatic rings. The third-order valence-corrected chi connectivity index (χ3v) is 2.25. The first-order chi connectivity index (χ1) is 5.00. The fourth-order valence-corrected chi connectivity index (χ4v) is 1.09. The topological polar surface area (TPSA) is 46.5 Å². The lowest BCUT2D eigenvalue weighted by Gasteiger charge is -2.15. The number of ether oxygens (including phenoxy) is 1. The van der Waals surface area contributed by atoms with Crippen molar-refractivity contribution in [3.8, 4) is 0 Å². The molecule has 2 unspecified atom stereocenters. The highest BCUT2D eigenvalue weighted by molar-refractivity contribution is 5.81. The molecule has 11 heavy (non-hydrogen) atoms. The predicted octanol–water partition coefficient (Wildman–Crippen LogP) is 0.268. The highest BCUT2D eigenvalue weighted by atomic mass is 19.1. The van der Waals surface area contributed by atoms with E-state index in [0.717, 1.165) is 0 Å². The number of aliphatic hydroxyl groups is 1. The fourth-order valence-electron chi connectivity index (χ4n) is 1.09. The zero-order valence-electron chi connectivity index (χ0n) is 6.50. The maximum Gasteiger partial charge on any atom is 0.344 e. The van der Waals surface area contributed by atoms with Gasteiger partial charge in [0.15, 0.2) is 0 Å². The van der Waals surface area contributed by atoms with Gasteiger partial charge in [-0.1, -0.05) is 6.92 Å². The number of aliphatic hydroxyl groups excluding tert-OH is 1. The van der Waals surface area contributed by atoms with E-state index in [-0.39, 0.29) is 6.61 Å². The van der Waals surface area contributed by atoms with E-state index in [0.29, 0.717) is 0 Å². The molecule has 1 saturated heterocycles. The first-order valence-electron chi connectivity index (χ1n) is 3.51. The van der Waals surface area contributed by atoms with E-state index in [9.17, 15) is 9.18 Å². The highest BCUT2D eigenvalue weighted by Crippen LogP contribution is 2.34. The van der Waals surface area contributed by atoms with E-state index in [1.54, 1.807) is 6.92 Å². The summed E-state index contributed by atoms with van der Waals surface area (Å²) < 4.78 is 17.8. The summed E-state index contributed by atoms with van der Waals surface area (Å²) in [7, 11) is 0. The van der Waals surface area contributed by atoms with Crippen LogP contribution in [0.25, 0.3) is 0 Å². The molecule has 3 nitrogen and oxygen atoms in total. The van der Waals surface area contributed by atoms with Gasteiger partial charge >= 0.3 is 5.97 Å². The van der Waals surface area contributed by atoms with Gasteiger partial charge in [0.1, 0.15) is 6.10 Å². The molecule has 0 aromatic rings. The number of rotatable bonds is 1. The molecule has 64 valence electrons. The number of alkyl halides is 1. The van der Waals surface area contributed by atoms with Crippen molar-refractivity contribution >= 4 is 5.97 Å². The average molecular weight is 162 g/mol. The van der Waals surface area contributed by atoms with Crippen molar-refractivity contribution < 1.29 is 19.0 Å². The van der Waals surface area contributed by atoms with E-state index >= 15 is 0 Å². The molecular formula is C7H11FO3. The van der Waals surface area contributed by atoms with Crippen LogP contribution in [0.1, 0.15) is 13.8 Å². The van der Waals surface area contributed by atoms with Gasteiger partial charge in [-0.2, -0.15) is 0 Å². The Morgan fingerprint density at radius 1 is 1.82 bits per heavy atom. The second-order valence-corrected chi connectivity index (χ2v) is 2.99. The Kier molecular flexibility index (Phi) is 1.88. The van der Waals surface area contributed by atoms with Gasteiger partial charge in [0.25, 0.3) is 0 Å². The molecule has 1 fully saturated rings. The van der Waals surface area contributed by atoms with E-state index in [2.05, 4.69) is 4.74 Å². The number of halogens is 1. The summed E-state index contributed by atoms with van der Waals surface area (Å²) >= 11 is 0. The summed E-state index contributed by atoms with van der Waals surface area (Å²) in [4.78, 5) is 10.8. The molecule has 0 amide bonds. The van der Waals surface area contributed by atoms with Crippen LogP contribution in [0.15, 0.2) is 0 Å². The summed E-state index contributed by atoms with van der Waals surface area (Å²) in [5.74, 6) is -1.44. The van der Waals surface area contributed by atoms with E-state index in [1.165, 1.54) is 6.92 Å². The molecule has 0 aliphatic carbocycles. The zero-order valence-corrected chi connectivity index (χ0v) is 6.50. The molecule has 0 bridgehead atoms. The van der Waals surface area contributed by atoms with Crippen LogP contribution in [0.2, 0.25) is 0 Å². The lowest BCUT2D eigenvalue weighted by atomic mass is 9.91. The number of esters is 1. The Labute approximate surface area is 64.2 Å². The van der Waals surface area contributed by atoms with Gasteiger partial charge in [0.2, 0.25) is 5.67 Å². The lowest BCUT2D eigenvalue weighted by Crippen LogP contribution is -2.32. The van der Waals surface area contributed by atoms with Crippen LogP contribution in [-0.2, 0) is 9.53 Å². The van der Waals surface area contributed by atoms with Crippen molar-refractivity contribution in [1.29, 1.82) is 0 Å². The van der Waals surface area contributed by atoms with Crippen molar-refractivity contribution in [2.24, 2.45) is 5.92 Å². The molecule has 0 aromatic carbocycles. The number of cyclic esters (lactones) is 1. The second kappa shape index (κ2) is 2.44. The van der Waals surface area contributed by atoms with E-state index in [4.69, 9.17) is 5.11 Å². The van der Waals surface area contributed by atoms with Gasteiger partial charge in [-0.25, -0.2) is 9.18 Å². The van der Waals surface area contributed by atoms with Crippen molar-refractivity contribution in [3.63, 3.8) is 0 Å². The third kappa shape index (κ3) is 1.11. The summed E-state index contributed by atoms with van der Waals surface area (Å²) in [6.07, 6.45) is -0.683. The molecule has 1 rings (SSSR count). The lowest BCUT2D eigenvalue weighted by molar-refractivity contribution is -0.150. The highest BCUT2D eigenvalue weighted by Gasteiger charge is 2.52. The van der Waals surface area contributed by atoms with E-state index < -0.39 is 23.7 Å². The molecule has 1 heterocycles. The summed E-state index contributed by atoms with van der Waals surface area (Å²) in [6, 6.07) is 0. The molecule has 4 heteroatoms. The van der Waals surface area contributed by atoms with Gasteiger partial charge in [-0.05, 0) is 6.92 Å². The number of carbonyl (C=O) groups is 1. The van der Waals surface area contributed by atoms with E-state index in [1.807, 2.05) is 0 Å². The van der Waals surface area contributed by atoms with Crippen molar-refractivity contribution in [2.45, 2.75) is 25.6 Å². The molecule has 3 atom stereocenters. The van der Waals surface area contributed by atoms with Crippen molar-refractivity contribution in [2.75, 3.05) is 6.61 Å². The maximum atomic E-state index is 13.2. The molecule has 0 radical (unpaired) electrons. The predicted molar refractivity (Wildman–Crippen MR) is 35.6 cm³/mol. The average Bonchev–Trinajstić information content (AvgIpc) is 2.14. The molecule has 0 spiro atoms. The van der Waals surface area contributed by atoms with Crippen LogP contribution in [0.4, 0.5) is 4.39 Å².